The molecule has 5 heteroatoms. The van der Waals surface area contributed by atoms with Crippen molar-refractivity contribution in [3.8, 4) is 0 Å². The van der Waals surface area contributed by atoms with Crippen LogP contribution in [0.1, 0.15) is 41.2 Å². The normalized spacial score (nSPS) is 11.9. The molecule has 146 valence electrons. The summed E-state index contributed by atoms with van der Waals surface area (Å²) in [5.41, 5.74) is 3.68. The molecule has 0 radical (unpaired) electrons. The van der Waals surface area contributed by atoms with Gasteiger partial charge in [0, 0.05) is 16.3 Å². The third-order valence-electron chi connectivity index (χ3n) is 4.93. The van der Waals surface area contributed by atoms with Gasteiger partial charge in [-0.2, -0.15) is 0 Å². The lowest BCUT2D eigenvalue weighted by Gasteiger charge is -2.29. The molecule has 1 amide bonds. The van der Waals surface area contributed by atoms with Crippen LogP contribution in [0.15, 0.2) is 59.0 Å². The fourth-order valence-corrected chi connectivity index (χ4v) is 3.56. The summed E-state index contributed by atoms with van der Waals surface area (Å²) in [6, 6.07) is 16.5. The van der Waals surface area contributed by atoms with Gasteiger partial charge < -0.3 is 9.15 Å². The molecule has 0 aliphatic carbocycles. The lowest BCUT2D eigenvalue weighted by atomic mass is 10.0. The van der Waals surface area contributed by atoms with Crippen molar-refractivity contribution < 1.29 is 13.9 Å². The lowest BCUT2D eigenvalue weighted by molar-refractivity contribution is 0.145. The molecule has 0 saturated carbocycles. The third kappa shape index (κ3) is 4.23. The minimum atomic E-state index is -0.420. The number of nitrogens with zero attached hydrogens (tertiary/aromatic N) is 1. The van der Waals surface area contributed by atoms with E-state index in [1.807, 2.05) is 70.2 Å². The molecular formula is C23H24ClNO3. The van der Waals surface area contributed by atoms with Crippen molar-refractivity contribution in [2.24, 2.45) is 0 Å². The quantitative estimate of drug-likeness (QED) is 0.477. The number of rotatable bonds is 5. The summed E-state index contributed by atoms with van der Waals surface area (Å²) in [5.74, 6) is 1.66. The fraction of sp³-hybridized carbons (Fsp3) is 0.261. The van der Waals surface area contributed by atoms with Crippen molar-refractivity contribution in [1.29, 1.82) is 0 Å². The first-order chi connectivity index (χ1) is 13.4. The van der Waals surface area contributed by atoms with E-state index >= 15 is 0 Å². The van der Waals surface area contributed by atoms with E-state index in [9.17, 15) is 4.79 Å². The molecule has 0 aliphatic rings. The second-order valence-electron chi connectivity index (χ2n) is 6.82. The molecule has 1 aromatic heterocycles. The smallest absolute Gasteiger partial charge is 0.415 e. The maximum atomic E-state index is 13.1. The van der Waals surface area contributed by atoms with Crippen molar-refractivity contribution in [2.45, 2.75) is 40.3 Å². The van der Waals surface area contributed by atoms with Crippen LogP contribution in [0.3, 0.4) is 0 Å². The Kier molecular flexibility index (Phi) is 6.10. The van der Waals surface area contributed by atoms with Crippen LogP contribution in [0.25, 0.3) is 0 Å². The molecule has 3 rings (SSSR count). The Labute approximate surface area is 170 Å². The van der Waals surface area contributed by atoms with E-state index in [-0.39, 0.29) is 12.6 Å². The molecule has 1 unspecified atom stereocenters. The zero-order chi connectivity index (χ0) is 20.3. The van der Waals surface area contributed by atoms with E-state index in [0.717, 1.165) is 28.2 Å². The van der Waals surface area contributed by atoms with Gasteiger partial charge in [-0.15, -0.1) is 0 Å². The average Bonchev–Trinajstić information content (AvgIpc) is 2.94. The van der Waals surface area contributed by atoms with Gasteiger partial charge in [0.05, 0.1) is 6.04 Å². The second-order valence-corrected chi connectivity index (χ2v) is 7.25. The Morgan fingerprint density at radius 2 is 1.68 bits per heavy atom. The number of benzene rings is 2. The summed E-state index contributed by atoms with van der Waals surface area (Å²) >= 11 is 6.04. The van der Waals surface area contributed by atoms with Crippen molar-refractivity contribution in [3.63, 3.8) is 0 Å². The van der Waals surface area contributed by atoms with Gasteiger partial charge in [-0.1, -0.05) is 41.9 Å². The van der Waals surface area contributed by atoms with Gasteiger partial charge in [-0.3, -0.25) is 4.90 Å². The van der Waals surface area contributed by atoms with Crippen LogP contribution in [0, 0.1) is 20.8 Å². The van der Waals surface area contributed by atoms with Crippen molar-refractivity contribution in [3.05, 3.63) is 87.8 Å². The third-order valence-corrected chi connectivity index (χ3v) is 5.18. The summed E-state index contributed by atoms with van der Waals surface area (Å²) in [7, 11) is 0. The largest absolute Gasteiger partial charge is 0.466 e. The zero-order valence-electron chi connectivity index (χ0n) is 16.5. The van der Waals surface area contributed by atoms with Crippen LogP contribution in [0.5, 0.6) is 0 Å². The number of ether oxygens (including phenoxy) is 1. The first kappa shape index (κ1) is 20.0. The minimum absolute atomic E-state index is 0.207. The summed E-state index contributed by atoms with van der Waals surface area (Å²) in [6.07, 6.45) is -0.420. The topological polar surface area (TPSA) is 42.7 Å². The van der Waals surface area contributed by atoms with Gasteiger partial charge in [0.2, 0.25) is 0 Å². The molecule has 0 saturated heterocycles. The van der Waals surface area contributed by atoms with Crippen LogP contribution in [-0.2, 0) is 11.3 Å². The molecule has 1 atom stereocenters. The molecule has 0 N–H and O–H groups in total. The molecule has 0 aliphatic heterocycles. The molecule has 0 fully saturated rings. The molecule has 28 heavy (non-hydrogen) atoms. The van der Waals surface area contributed by atoms with E-state index in [1.54, 1.807) is 17.0 Å². The number of anilines is 1. The maximum Gasteiger partial charge on any atom is 0.415 e. The highest BCUT2D eigenvalue weighted by atomic mass is 35.5. The van der Waals surface area contributed by atoms with Crippen LogP contribution < -0.4 is 4.90 Å². The van der Waals surface area contributed by atoms with E-state index in [2.05, 4.69) is 0 Å². The van der Waals surface area contributed by atoms with Crippen LogP contribution in [0.2, 0.25) is 5.02 Å². The molecule has 3 aromatic rings. The number of carbonyl (C=O) groups excluding carboxylic acids is 1. The lowest BCUT2D eigenvalue weighted by Crippen LogP contribution is -2.34. The van der Waals surface area contributed by atoms with Gasteiger partial charge in [0.15, 0.2) is 0 Å². The highest BCUT2D eigenvalue weighted by Gasteiger charge is 2.29. The van der Waals surface area contributed by atoms with Crippen molar-refractivity contribution in [2.75, 3.05) is 4.90 Å². The molecule has 1 heterocycles. The summed E-state index contributed by atoms with van der Waals surface area (Å²) < 4.78 is 11.4. The maximum absolute atomic E-state index is 13.1. The highest BCUT2D eigenvalue weighted by molar-refractivity contribution is 6.30. The predicted molar refractivity (Wildman–Crippen MR) is 112 cm³/mol. The number of hydrogen-bond donors (Lipinski definition) is 0. The molecule has 0 bridgehead atoms. The molecular weight excluding hydrogens is 374 g/mol. The summed E-state index contributed by atoms with van der Waals surface area (Å²) in [5, 5.41) is 0.612. The van der Waals surface area contributed by atoms with Crippen molar-refractivity contribution in [1.82, 2.24) is 0 Å². The highest BCUT2D eigenvalue weighted by Crippen LogP contribution is 2.34. The molecule has 4 nitrogen and oxygen atoms in total. The van der Waals surface area contributed by atoms with Gasteiger partial charge in [-0.25, -0.2) is 4.79 Å². The van der Waals surface area contributed by atoms with Crippen LogP contribution >= 0.6 is 11.6 Å². The van der Waals surface area contributed by atoms with E-state index < -0.39 is 6.09 Å². The number of carbonyl (C=O) groups is 1. The van der Waals surface area contributed by atoms with Crippen LogP contribution in [-0.4, -0.2) is 6.09 Å². The first-order valence-corrected chi connectivity index (χ1v) is 9.58. The fourth-order valence-electron chi connectivity index (χ4n) is 3.43. The number of hydrogen-bond acceptors (Lipinski definition) is 3. The minimum Gasteiger partial charge on any atom is -0.466 e. The Morgan fingerprint density at radius 3 is 2.25 bits per heavy atom. The second kappa shape index (κ2) is 8.53. The zero-order valence-corrected chi connectivity index (χ0v) is 17.3. The summed E-state index contributed by atoms with van der Waals surface area (Å²) in [6.45, 7) is 8.04. The average molecular weight is 398 g/mol. The van der Waals surface area contributed by atoms with Crippen LogP contribution in [0.4, 0.5) is 10.5 Å². The SMILES string of the molecule is Cc1oc(C)c(C(C)N(C(=O)OCc2ccccc2)c2ccc(Cl)cc2)c1C. The standard InChI is InChI=1S/C23H24ClNO3/c1-15-17(3)28-18(4)22(15)16(2)25(21-12-10-20(24)11-13-21)23(26)27-14-19-8-6-5-7-9-19/h5-13,16H,14H2,1-4H3. The Hall–Kier alpha value is -2.72. The van der Waals surface area contributed by atoms with Gasteiger partial charge in [0.25, 0.3) is 0 Å². The molecule has 0 spiro atoms. The van der Waals surface area contributed by atoms with Gasteiger partial charge in [-0.05, 0) is 63.1 Å². The van der Waals surface area contributed by atoms with Gasteiger partial charge >= 0.3 is 6.09 Å². The van der Waals surface area contributed by atoms with E-state index in [4.69, 9.17) is 20.8 Å². The predicted octanol–water partition coefficient (Wildman–Crippen LogP) is 6.76. The Morgan fingerprint density at radius 1 is 1.04 bits per heavy atom. The van der Waals surface area contributed by atoms with Crippen molar-refractivity contribution >= 4 is 23.4 Å². The number of amides is 1. The molecule has 2 aromatic carbocycles. The number of aryl methyl sites for hydroxylation is 2. The Bertz CT molecular complexity index is 948. The Balaban J connectivity index is 1.92. The van der Waals surface area contributed by atoms with E-state index in [1.165, 1.54) is 0 Å². The van der Waals surface area contributed by atoms with Gasteiger partial charge in [0.1, 0.15) is 18.1 Å². The monoisotopic (exact) mass is 397 g/mol. The number of halogens is 1. The summed E-state index contributed by atoms with van der Waals surface area (Å²) in [4.78, 5) is 14.7. The first-order valence-electron chi connectivity index (χ1n) is 9.20. The number of furan rings is 1. The van der Waals surface area contributed by atoms with E-state index in [0.29, 0.717) is 10.7 Å².